The van der Waals surface area contributed by atoms with Gasteiger partial charge in [-0.2, -0.15) is 5.10 Å². The SMILES string of the molecule is C=CCCCC(=O)c1cnn(C)c1. The number of nitrogens with zero attached hydrogens (tertiary/aromatic N) is 2. The molecule has 3 nitrogen and oxygen atoms in total. The highest BCUT2D eigenvalue weighted by Crippen LogP contribution is 2.05. The third-order valence-corrected chi connectivity index (χ3v) is 1.84. The van der Waals surface area contributed by atoms with Gasteiger partial charge in [0, 0.05) is 19.7 Å². The molecular formula is C10H14N2O. The van der Waals surface area contributed by atoms with Crippen LogP contribution in [0.2, 0.25) is 0 Å². The first-order valence-corrected chi connectivity index (χ1v) is 4.37. The lowest BCUT2D eigenvalue weighted by atomic mass is 10.1. The van der Waals surface area contributed by atoms with Gasteiger partial charge in [-0.15, -0.1) is 6.58 Å². The summed E-state index contributed by atoms with van der Waals surface area (Å²) in [5.41, 5.74) is 0.701. The van der Waals surface area contributed by atoms with Gasteiger partial charge in [-0.1, -0.05) is 6.08 Å². The molecule has 1 aromatic rings. The van der Waals surface area contributed by atoms with E-state index >= 15 is 0 Å². The normalized spacial score (nSPS) is 9.92. The number of rotatable bonds is 5. The smallest absolute Gasteiger partial charge is 0.166 e. The van der Waals surface area contributed by atoms with Gasteiger partial charge >= 0.3 is 0 Å². The first-order valence-electron chi connectivity index (χ1n) is 4.37. The molecule has 0 atom stereocenters. The number of aromatic nitrogens is 2. The van der Waals surface area contributed by atoms with Crippen LogP contribution < -0.4 is 0 Å². The third kappa shape index (κ3) is 2.86. The maximum absolute atomic E-state index is 11.4. The molecule has 1 rings (SSSR count). The molecule has 0 bridgehead atoms. The largest absolute Gasteiger partial charge is 0.294 e. The van der Waals surface area contributed by atoms with Gasteiger partial charge in [0.05, 0.1) is 11.8 Å². The van der Waals surface area contributed by atoms with Gasteiger partial charge in [0.25, 0.3) is 0 Å². The number of hydrogen-bond acceptors (Lipinski definition) is 2. The second-order valence-electron chi connectivity index (χ2n) is 3.01. The van der Waals surface area contributed by atoms with Crippen LogP contribution in [0.5, 0.6) is 0 Å². The predicted octanol–water partition coefficient (Wildman–Crippen LogP) is 1.96. The molecule has 0 N–H and O–H groups in total. The van der Waals surface area contributed by atoms with E-state index < -0.39 is 0 Å². The highest BCUT2D eigenvalue weighted by Gasteiger charge is 2.06. The summed E-state index contributed by atoms with van der Waals surface area (Å²) in [5.74, 6) is 0.162. The third-order valence-electron chi connectivity index (χ3n) is 1.84. The molecule has 0 aliphatic carbocycles. The van der Waals surface area contributed by atoms with Crippen LogP contribution in [0.25, 0.3) is 0 Å². The van der Waals surface area contributed by atoms with Crippen molar-refractivity contribution in [3.63, 3.8) is 0 Å². The molecule has 0 fully saturated rings. The Bertz CT molecular complexity index is 302. The topological polar surface area (TPSA) is 34.9 Å². The Labute approximate surface area is 78.1 Å². The second-order valence-corrected chi connectivity index (χ2v) is 3.01. The summed E-state index contributed by atoms with van der Waals surface area (Å²) >= 11 is 0. The van der Waals surface area contributed by atoms with Crippen molar-refractivity contribution >= 4 is 5.78 Å². The Morgan fingerprint density at radius 3 is 3.08 bits per heavy atom. The maximum atomic E-state index is 11.4. The average molecular weight is 178 g/mol. The lowest BCUT2D eigenvalue weighted by Gasteiger charge is -1.94. The minimum Gasteiger partial charge on any atom is -0.294 e. The Morgan fingerprint density at radius 2 is 2.54 bits per heavy atom. The standard InChI is InChI=1S/C10H14N2O/c1-3-4-5-6-10(13)9-7-11-12(2)8-9/h3,7-8H,1,4-6H2,2H3. The summed E-state index contributed by atoms with van der Waals surface area (Å²) < 4.78 is 1.64. The molecule has 70 valence electrons. The van der Waals surface area contributed by atoms with Crippen molar-refractivity contribution in [2.45, 2.75) is 19.3 Å². The molecule has 0 aliphatic heterocycles. The van der Waals surface area contributed by atoms with E-state index in [1.54, 1.807) is 24.1 Å². The number of allylic oxidation sites excluding steroid dienone is 1. The van der Waals surface area contributed by atoms with E-state index in [-0.39, 0.29) is 5.78 Å². The van der Waals surface area contributed by atoms with Crippen LogP contribution in [0.4, 0.5) is 0 Å². The van der Waals surface area contributed by atoms with Crippen molar-refractivity contribution in [1.29, 1.82) is 0 Å². The summed E-state index contributed by atoms with van der Waals surface area (Å²) in [7, 11) is 1.81. The van der Waals surface area contributed by atoms with Crippen LogP contribution in [0.1, 0.15) is 29.6 Å². The number of Topliss-reactive ketones (excluding diaryl/α,β-unsaturated/α-hetero) is 1. The van der Waals surface area contributed by atoms with E-state index in [2.05, 4.69) is 11.7 Å². The lowest BCUT2D eigenvalue weighted by molar-refractivity contribution is 0.0980. The molecule has 0 aliphatic rings. The van der Waals surface area contributed by atoms with E-state index in [0.717, 1.165) is 12.8 Å². The fraction of sp³-hybridized carbons (Fsp3) is 0.400. The number of unbranched alkanes of at least 4 members (excludes halogenated alkanes) is 1. The lowest BCUT2D eigenvalue weighted by Crippen LogP contribution is -1.96. The van der Waals surface area contributed by atoms with Gasteiger partial charge < -0.3 is 0 Å². The summed E-state index contributed by atoms with van der Waals surface area (Å²) in [6.45, 7) is 3.61. The quantitative estimate of drug-likeness (QED) is 0.392. The monoisotopic (exact) mass is 178 g/mol. The van der Waals surface area contributed by atoms with Gasteiger partial charge in [-0.25, -0.2) is 0 Å². The van der Waals surface area contributed by atoms with Crippen molar-refractivity contribution in [3.8, 4) is 0 Å². The predicted molar refractivity (Wildman–Crippen MR) is 51.6 cm³/mol. The highest BCUT2D eigenvalue weighted by molar-refractivity contribution is 5.95. The van der Waals surface area contributed by atoms with Gasteiger partial charge in [0.1, 0.15) is 0 Å². The van der Waals surface area contributed by atoms with Crippen LogP contribution in [-0.4, -0.2) is 15.6 Å². The molecular weight excluding hydrogens is 164 g/mol. The zero-order valence-electron chi connectivity index (χ0n) is 7.86. The highest BCUT2D eigenvalue weighted by atomic mass is 16.1. The summed E-state index contributed by atoms with van der Waals surface area (Å²) in [4.78, 5) is 11.4. The maximum Gasteiger partial charge on any atom is 0.166 e. The van der Waals surface area contributed by atoms with E-state index in [0.29, 0.717) is 12.0 Å². The molecule has 1 aromatic heterocycles. The molecule has 0 aromatic carbocycles. The Hall–Kier alpha value is -1.38. The minimum atomic E-state index is 0.162. The molecule has 1 heterocycles. The minimum absolute atomic E-state index is 0.162. The van der Waals surface area contributed by atoms with Crippen molar-refractivity contribution in [1.82, 2.24) is 9.78 Å². The van der Waals surface area contributed by atoms with E-state index in [4.69, 9.17) is 0 Å². The first kappa shape index (κ1) is 9.71. The van der Waals surface area contributed by atoms with Gasteiger partial charge in [0.15, 0.2) is 5.78 Å². The van der Waals surface area contributed by atoms with E-state index in [1.807, 2.05) is 6.08 Å². The molecule has 0 amide bonds. The van der Waals surface area contributed by atoms with Gasteiger partial charge in [-0.05, 0) is 12.8 Å². The van der Waals surface area contributed by atoms with Gasteiger partial charge in [-0.3, -0.25) is 9.48 Å². The van der Waals surface area contributed by atoms with Crippen LogP contribution in [0.15, 0.2) is 25.0 Å². The van der Waals surface area contributed by atoms with Crippen molar-refractivity contribution in [2.24, 2.45) is 7.05 Å². The molecule has 0 unspecified atom stereocenters. The fourth-order valence-corrected chi connectivity index (χ4v) is 1.12. The van der Waals surface area contributed by atoms with Crippen LogP contribution in [0, 0.1) is 0 Å². The van der Waals surface area contributed by atoms with Gasteiger partial charge in [0.2, 0.25) is 0 Å². The molecule has 0 radical (unpaired) electrons. The Morgan fingerprint density at radius 1 is 1.77 bits per heavy atom. The summed E-state index contributed by atoms with van der Waals surface area (Å²) in [5, 5.41) is 3.94. The van der Waals surface area contributed by atoms with E-state index in [1.165, 1.54) is 0 Å². The Kier molecular flexibility index (Phi) is 3.43. The fourth-order valence-electron chi connectivity index (χ4n) is 1.12. The number of carbonyl (C=O) groups excluding carboxylic acids is 1. The molecule has 3 heteroatoms. The van der Waals surface area contributed by atoms with Crippen LogP contribution in [0.3, 0.4) is 0 Å². The van der Waals surface area contributed by atoms with Crippen LogP contribution in [-0.2, 0) is 7.05 Å². The van der Waals surface area contributed by atoms with Crippen LogP contribution >= 0.6 is 0 Å². The first-order chi connectivity index (χ1) is 6.24. The zero-order valence-corrected chi connectivity index (χ0v) is 7.86. The number of ketones is 1. The molecule has 13 heavy (non-hydrogen) atoms. The Balaban J connectivity index is 2.44. The zero-order chi connectivity index (χ0) is 9.68. The molecule has 0 spiro atoms. The molecule has 0 saturated heterocycles. The summed E-state index contributed by atoms with van der Waals surface area (Å²) in [6, 6.07) is 0. The van der Waals surface area contributed by atoms with Crippen molar-refractivity contribution in [2.75, 3.05) is 0 Å². The molecule has 0 saturated carbocycles. The van der Waals surface area contributed by atoms with E-state index in [9.17, 15) is 4.79 Å². The number of hydrogen-bond donors (Lipinski definition) is 0. The number of aryl methyl sites for hydroxylation is 1. The average Bonchev–Trinajstić information content (AvgIpc) is 2.52. The second kappa shape index (κ2) is 4.60. The summed E-state index contributed by atoms with van der Waals surface area (Å²) in [6.07, 6.45) is 7.53. The van der Waals surface area contributed by atoms with Crippen molar-refractivity contribution in [3.05, 3.63) is 30.6 Å². The van der Waals surface area contributed by atoms with Crippen molar-refractivity contribution < 1.29 is 4.79 Å². The number of carbonyl (C=O) groups is 1.